The van der Waals surface area contributed by atoms with Crippen molar-refractivity contribution in [2.75, 3.05) is 24.8 Å². The van der Waals surface area contributed by atoms with Crippen molar-refractivity contribution >= 4 is 22.3 Å². The zero-order valence-electron chi connectivity index (χ0n) is 11.0. The van der Waals surface area contributed by atoms with E-state index in [1.54, 1.807) is 13.3 Å². The first-order valence-electron chi connectivity index (χ1n) is 5.94. The molecule has 1 aromatic carbocycles. The van der Waals surface area contributed by atoms with Gasteiger partial charge in [-0.2, -0.15) is 0 Å². The lowest BCUT2D eigenvalue weighted by Crippen LogP contribution is -2.36. The van der Waals surface area contributed by atoms with Gasteiger partial charge in [0.2, 0.25) is 0 Å². The molecule has 2 rings (SSSR count). The molecular weight excluding hydrogens is 226 g/mol. The normalized spacial score (nSPS) is 11.7. The number of rotatable bonds is 4. The van der Waals surface area contributed by atoms with Gasteiger partial charge in [0.25, 0.3) is 0 Å². The van der Waals surface area contributed by atoms with Gasteiger partial charge in [-0.25, -0.2) is 0 Å². The maximum absolute atomic E-state index is 6.18. The Bertz CT molecular complexity index is 552. The SMILES string of the molecule is COCC(C)(C)Nc1ccc2ncccc2c1N. The van der Waals surface area contributed by atoms with Gasteiger partial charge in [0.1, 0.15) is 0 Å². The van der Waals surface area contributed by atoms with Crippen LogP contribution in [-0.4, -0.2) is 24.2 Å². The largest absolute Gasteiger partial charge is 0.397 e. The number of aromatic nitrogens is 1. The van der Waals surface area contributed by atoms with Crippen LogP contribution < -0.4 is 11.1 Å². The summed E-state index contributed by atoms with van der Waals surface area (Å²) in [6.45, 7) is 4.75. The van der Waals surface area contributed by atoms with Gasteiger partial charge in [-0.05, 0) is 38.1 Å². The summed E-state index contributed by atoms with van der Waals surface area (Å²) < 4.78 is 5.19. The molecule has 4 heteroatoms. The third-order valence-corrected chi connectivity index (χ3v) is 2.80. The first kappa shape index (κ1) is 12.6. The summed E-state index contributed by atoms with van der Waals surface area (Å²) in [6.07, 6.45) is 1.77. The number of pyridine rings is 1. The molecule has 3 N–H and O–H groups in total. The van der Waals surface area contributed by atoms with E-state index in [0.717, 1.165) is 22.3 Å². The molecule has 1 aromatic heterocycles. The third kappa shape index (κ3) is 2.54. The van der Waals surface area contributed by atoms with E-state index in [-0.39, 0.29) is 5.54 Å². The fourth-order valence-corrected chi connectivity index (χ4v) is 2.05. The molecule has 0 aliphatic rings. The van der Waals surface area contributed by atoms with Crippen molar-refractivity contribution in [3.8, 4) is 0 Å². The van der Waals surface area contributed by atoms with Gasteiger partial charge in [-0.1, -0.05) is 0 Å². The Balaban J connectivity index is 2.37. The highest BCUT2D eigenvalue weighted by molar-refractivity contribution is 5.96. The molecule has 2 aromatic rings. The van der Waals surface area contributed by atoms with Crippen LogP contribution in [0.1, 0.15) is 13.8 Å². The van der Waals surface area contributed by atoms with Gasteiger partial charge in [-0.15, -0.1) is 0 Å². The third-order valence-electron chi connectivity index (χ3n) is 2.80. The van der Waals surface area contributed by atoms with E-state index >= 15 is 0 Å². The highest BCUT2D eigenvalue weighted by Crippen LogP contribution is 2.29. The van der Waals surface area contributed by atoms with Crippen LogP contribution in [0.5, 0.6) is 0 Å². The Morgan fingerprint density at radius 3 is 2.83 bits per heavy atom. The van der Waals surface area contributed by atoms with E-state index in [9.17, 15) is 0 Å². The fraction of sp³-hybridized carbons (Fsp3) is 0.357. The van der Waals surface area contributed by atoms with Crippen LogP contribution in [-0.2, 0) is 4.74 Å². The van der Waals surface area contributed by atoms with Crippen LogP contribution in [0.2, 0.25) is 0 Å². The Morgan fingerprint density at radius 2 is 2.11 bits per heavy atom. The molecule has 0 aliphatic carbocycles. The number of hydrogen-bond acceptors (Lipinski definition) is 4. The molecule has 0 spiro atoms. The number of nitrogen functional groups attached to an aromatic ring is 1. The van der Waals surface area contributed by atoms with E-state index in [2.05, 4.69) is 24.1 Å². The van der Waals surface area contributed by atoms with Crippen LogP contribution in [0.25, 0.3) is 10.9 Å². The maximum atomic E-state index is 6.18. The van der Waals surface area contributed by atoms with Gasteiger partial charge in [0.15, 0.2) is 0 Å². The predicted molar refractivity (Wildman–Crippen MR) is 75.7 cm³/mol. The van der Waals surface area contributed by atoms with Crippen molar-refractivity contribution in [2.24, 2.45) is 0 Å². The lowest BCUT2D eigenvalue weighted by atomic mass is 10.0. The lowest BCUT2D eigenvalue weighted by Gasteiger charge is -2.27. The molecule has 0 amide bonds. The second kappa shape index (κ2) is 4.82. The summed E-state index contributed by atoms with van der Waals surface area (Å²) in [4.78, 5) is 4.28. The molecule has 0 aliphatic heterocycles. The number of benzene rings is 1. The van der Waals surface area contributed by atoms with Gasteiger partial charge >= 0.3 is 0 Å². The second-order valence-electron chi connectivity index (χ2n) is 5.04. The highest BCUT2D eigenvalue weighted by atomic mass is 16.5. The van der Waals surface area contributed by atoms with Crippen LogP contribution >= 0.6 is 0 Å². The monoisotopic (exact) mass is 245 g/mol. The van der Waals surface area contributed by atoms with E-state index in [0.29, 0.717) is 6.61 Å². The molecule has 1 heterocycles. The predicted octanol–water partition coefficient (Wildman–Crippen LogP) is 2.65. The zero-order chi connectivity index (χ0) is 13.2. The fourth-order valence-electron chi connectivity index (χ4n) is 2.05. The molecular formula is C14H19N3O. The summed E-state index contributed by atoms with van der Waals surface area (Å²) >= 11 is 0. The van der Waals surface area contributed by atoms with Crippen LogP contribution in [0.3, 0.4) is 0 Å². The number of ether oxygens (including phenoxy) is 1. The van der Waals surface area contributed by atoms with Crippen molar-refractivity contribution in [3.63, 3.8) is 0 Å². The number of methoxy groups -OCH3 is 1. The Labute approximate surface area is 107 Å². The summed E-state index contributed by atoms with van der Waals surface area (Å²) in [7, 11) is 1.69. The second-order valence-corrected chi connectivity index (χ2v) is 5.04. The van der Waals surface area contributed by atoms with E-state index in [1.165, 1.54) is 0 Å². The number of nitrogens with zero attached hydrogens (tertiary/aromatic N) is 1. The first-order valence-corrected chi connectivity index (χ1v) is 5.94. The minimum Gasteiger partial charge on any atom is -0.397 e. The van der Waals surface area contributed by atoms with Gasteiger partial charge < -0.3 is 15.8 Å². The van der Waals surface area contributed by atoms with E-state index in [4.69, 9.17) is 10.5 Å². The maximum Gasteiger partial charge on any atom is 0.0724 e. The molecule has 96 valence electrons. The highest BCUT2D eigenvalue weighted by Gasteiger charge is 2.18. The average Bonchev–Trinajstić information content (AvgIpc) is 2.33. The van der Waals surface area contributed by atoms with Gasteiger partial charge in [0.05, 0.1) is 29.0 Å². The quantitative estimate of drug-likeness (QED) is 0.813. The van der Waals surface area contributed by atoms with Crippen molar-refractivity contribution < 1.29 is 4.74 Å². The van der Waals surface area contributed by atoms with Crippen molar-refractivity contribution in [1.29, 1.82) is 0 Å². The zero-order valence-corrected chi connectivity index (χ0v) is 11.0. The number of nitrogens with two attached hydrogens (primary N) is 1. The van der Waals surface area contributed by atoms with Crippen LogP contribution in [0.4, 0.5) is 11.4 Å². The van der Waals surface area contributed by atoms with E-state index < -0.39 is 0 Å². The van der Waals surface area contributed by atoms with Crippen molar-refractivity contribution in [2.45, 2.75) is 19.4 Å². The molecule has 0 atom stereocenters. The molecule has 0 saturated heterocycles. The molecule has 0 saturated carbocycles. The Morgan fingerprint density at radius 1 is 1.33 bits per heavy atom. The van der Waals surface area contributed by atoms with Gasteiger partial charge in [0, 0.05) is 18.7 Å². The minimum atomic E-state index is -0.168. The first-order chi connectivity index (χ1) is 8.53. The Kier molecular flexibility index (Phi) is 3.39. The Hall–Kier alpha value is -1.81. The molecule has 0 unspecified atom stereocenters. The number of fused-ring (bicyclic) bond motifs is 1. The number of anilines is 2. The summed E-state index contributed by atoms with van der Waals surface area (Å²) in [5.41, 5.74) is 8.56. The lowest BCUT2D eigenvalue weighted by molar-refractivity contribution is 0.158. The average molecular weight is 245 g/mol. The smallest absolute Gasteiger partial charge is 0.0724 e. The topological polar surface area (TPSA) is 60.2 Å². The summed E-state index contributed by atoms with van der Waals surface area (Å²) in [5, 5.41) is 4.37. The summed E-state index contributed by atoms with van der Waals surface area (Å²) in [6, 6.07) is 7.80. The minimum absolute atomic E-state index is 0.168. The number of hydrogen-bond donors (Lipinski definition) is 2. The molecule has 4 nitrogen and oxygen atoms in total. The summed E-state index contributed by atoms with van der Waals surface area (Å²) in [5.74, 6) is 0. The standard InChI is InChI=1S/C14H19N3O/c1-14(2,9-18-3)17-12-7-6-11-10(13(12)15)5-4-8-16-11/h4-8,17H,9,15H2,1-3H3. The van der Waals surface area contributed by atoms with Crippen molar-refractivity contribution in [3.05, 3.63) is 30.5 Å². The molecule has 18 heavy (non-hydrogen) atoms. The molecule has 0 fully saturated rings. The molecule has 0 bridgehead atoms. The van der Waals surface area contributed by atoms with Crippen molar-refractivity contribution in [1.82, 2.24) is 4.98 Å². The van der Waals surface area contributed by atoms with Crippen LogP contribution in [0.15, 0.2) is 30.5 Å². The number of nitrogens with one attached hydrogen (secondary N) is 1. The van der Waals surface area contributed by atoms with Crippen LogP contribution in [0, 0.1) is 0 Å². The molecule has 0 radical (unpaired) electrons. The van der Waals surface area contributed by atoms with Gasteiger partial charge in [-0.3, -0.25) is 4.98 Å². The van der Waals surface area contributed by atoms with E-state index in [1.807, 2.05) is 24.3 Å².